The molecule has 116 valence electrons. The van der Waals surface area contributed by atoms with Crippen LogP contribution in [0.5, 0.6) is 0 Å². The van der Waals surface area contributed by atoms with E-state index < -0.39 is 11.8 Å². The minimum absolute atomic E-state index is 0.0778. The fraction of sp³-hybridized carbons (Fsp3) is 0.571. The molecule has 0 aliphatic rings. The standard InChI is InChI=1S/C14H21ClN4O2/c1-4-5-6-19(8-11(16)20)14(21)12-10(15)7-17-13(18-12)9(2)3/h7,9H,4-6,8H2,1-3H3,(H2,16,20). The van der Waals surface area contributed by atoms with E-state index in [0.717, 1.165) is 12.8 Å². The number of hydrogen-bond donors (Lipinski definition) is 1. The van der Waals surface area contributed by atoms with Crippen molar-refractivity contribution in [2.75, 3.05) is 13.1 Å². The topological polar surface area (TPSA) is 89.2 Å². The van der Waals surface area contributed by atoms with Crippen LogP contribution in [-0.2, 0) is 4.79 Å². The van der Waals surface area contributed by atoms with Gasteiger partial charge in [-0.1, -0.05) is 38.8 Å². The van der Waals surface area contributed by atoms with Crippen LogP contribution in [0.1, 0.15) is 55.8 Å². The third kappa shape index (κ3) is 4.97. The first kappa shape index (κ1) is 17.4. The smallest absolute Gasteiger partial charge is 0.274 e. The normalized spacial score (nSPS) is 10.7. The molecular formula is C14H21ClN4O2. The molecule has 1 rings (SSSR count). The Morgan fingerprint density at radius 1 is 1.43 bits per heavy atom. The van der Waals surface area contributed by atoms with Crippen molar-refractivity contribution in [3.63, 3.8) is 0 Å². The second-order valence-corrected chi connectivity index (χ2v) is 5.53. The van der Waals surface area contributed by atoms with Crippen molar-refractivity contribution in [1.29, 1.82) is 0 Å². The fourth-order valence-electron chi connectivity index (χ4n) is 1.75. The summed E-state index contributed by atoms with van der Waals surface area (Å²) in [5.41, 5.74) is 5.32. The number of carbonyl (C=O) groups is 2. The van der Waals surface area contributed by atoms with E-state index in [4.69, 9.17) is 17.3 Å². The van der Waals surface area contributed by atoms with E-state index >= 15 is 0 Å². The summed E-state index contributed by atoms with van der Waals surface area (Å²) in [7, 11) is 0. The highest BCUT2D eigenvalue weighted by atomic mass is 35.5. The molecule has 7 heteroatoms. The Morgan fingerprint density at radius 3 is 2.62 bits per heavy atom. The van der Waals surface area contributed by atoms with Gasteiger partial charge in [0.2, 0.25) is 5.91 Å². The average molecular weight is 313 g/mol. The largest absolute Gasteiger partial charge is 0.368 e. The fourth-order valence-corrected chi connectivity index (χ4v) is 1.92. The predicted molar refractivity (Wildman–Crippen MR) is 81.1 cm³/mol. The lowest BCUT2D eigenvalue weighted by Crippen LogP contribution is -2.39. The van der Waals surface area contributed by atoms with E-state index in [0.29, 0.717) is 12.4 Å². The lowest BCUT2D eigenvalue weighted by atomic mass is 10.2. The average Bonchev–Trinajstić information content (AvgIpc) is 2.42. The molecule has 0 bridgehead atoms. The molecule has 2 N–H and O–H groups in total. The van der Waals surface area contributed by atoms with Crippen molar-refractivity contribution in [3.8, 4) is 0 Å². The van der Waals surface area contributed by atoms with Crippen LogP contribution in [0.4, 0.5) is 0 Å². The summed E-state index contributed by atoms with van der Waals surface area (Å²) in [4.78, 5) is 33.4. The van der Waals surface area contributed by atoms with Crippen LogP contribution in [0.15, 0.2) is 6.20 Å². The maximum atomic E-state index is 12.5. The third-order valence-electron chi connectivity index (χ3n) is 2.90. The second-order valence-electron chi connectivity index (χ2n) is 5.13. The van der Waals surface area contributed by atoms with Crippen molar-refractivity contribution >= 4 is 23.4 Å². The lowest BCUT2D eigenvalue weighted by molar-refractivity contribution is -0.118. The highest BCUT2D eigenvalue weighted by Gasteiger charge is 2.22. The number of carbonyl (C=O) groups excluding carboxylic acids is 2. The molecule has 1 aromatic rings. The Balaban J connectivity index is 3.06. The first-order valence-corrected chi connectivity index (χ1v) is 7.34. The van der Waals surface area contributed by atoms with Crippen molar-refractivity contribution in [1.82, 2.24) is 14.9 Å². The minimum atomic E-state index is -0.561. The zero-order valence-corrected chi connectivity index (χ0v) is 13.4. The first-order chi connectivity index (χ1) is 9.86. The highest BCUT2D eigenvalue weighted by molar-refractivity contribution is 6.33. The summed E-state index contributed by atoms with van der Waals surface area (Å²) in [6, 6.07) is 0. The van der Waals surface area contributed by atoms with Gasteiger partial charge in [0, 0.05) is 12.5 Å². The van der Waals surface area contributed by atoms with E-state index in [1.54, 1.807) is 0 Å². The van der Waals surface area contributed by atoms with E-state index in [9.17, 15) is 9.59 Å². The molecule has 0 radical (unpaired) electrons. The maximum Gasteiger partial charge on any atom is 0.274 e. The molecule has 1 heterocycles. The number of aromatic nitrogens is 2. The number of nitrogens with two attached hydrogens (primary N) is 1. The van der Waals surface area contributed by atoms with Gasteiger partial charge < -0.3 is 10.6 Å². The summed E-state index contributed by atoms with van der Waals surface area (Å²) < 4.78 is 0. The molecule has 0 aliphatic heterocycles. The summed E-state index contributed by atoms with van der Waals surface area (Å²) in [6.45, 7) is 6.15. The molecule has 0 aliphatic carbocycles. The Morgan fingerprint density at radius 2 is 2.10 bits per heavy atom. The second kappa shape index (κ2) is 7.93. The monoisotopic (exact) mass is 312 g/mol. The number of rotatable bonds is 7. The van der Waals surface area contributed by atoms with E-state index in [1.807, 2.05) is 20.8 Å². The van der Waals surface area contributed by atoms with Gasteiger partial charge >= 0.3 is 0 Å². The summed E-state index contributed by atoms with van der Waals surface area (Å²) >= 11 is 6.02. The van der Waals surface area contributed by atoms with E-state index in [-0.39, 0.29) is 23.2 Å². The van der Waals surface area contributed by atoms with Crippen LogP contribution in [0.25, 0.3) is 0 Å². The minimum Gasteiger partial charge on any atom is -0.368 e. The van der Waals surface area contributed by atoms with Gasteiger partial charge in [-0.05, 0) is 6.42 Å². The van der Waals surface area contributed by atoms with Gasteiger partial charge in [-0.2, -0.15) is 0 Å². The van der Waals surface area contributed by atoms with Crippen LogP contribution in [-0.4, -0.2) is 39.8 Å². The van der Waals surface area contributed by atoms with Gasteiger partial charge in [0.1, 0.15) is 5.82 Å². The molecule has 0 spiro atoms. The quantitative estimate of drug-likeness (QED) is 0.833. The zero-order valence-electron chi connectivity index (χ0n) is 12.6. The summed E-state index contributed by atoms with van der Waals surface area (Å²) in [5, 5.41) is 0.176. The molecule has 0 saturated heterocycles. The summed E-state index contributed by atoms with van der Waals surface area (Å²) in [5.74, 6) is -0.336. The van der Waals surface area contributed by atoms with E-state index in [2.05, 4.69) is 9.97 Å². The molecule has 1 aromatic heterocycles. The number of hydrogen-bond acceptors (Lipinski definition) is 4. The Kier molecular flexibility index (Phi) is 6.55. The molecule has 0 unspecified atom stereocenters. The van der Waals surface area contributed by atoms with Gasteiger partial charge in [-0.3, -0.25) is 9.59 Å². The third-order valence-corrected chi connectivity index (χ3v) is 3.17. The maximum absolute atomic E-state index is 12.5. The molecule has 0 fully saturated rings. The number of primary amides is 1. The first-order valence-electron chi connectivity index (χ1n) is 6.96. The van der Waals surface area contributed by atoms with Gasteiger partial charge in [-0.15, -0.1) is 0 Å². The van der Waals surface area contributed by atoms with Gasteiger partial charge in [-0.25, -0.2) is 9.97 Å². The summed E-state index contributed by atoms with van der Waals surface area (Å²) in [6.07, 6.45) is 3.09. The van der Waals surface area contributed by atoms with Crippen molar-refractivity contribution < 1.29 is 9.59 Å². The van der Waals surface area contributed by atoms with Crippen molar-refractivity contribution in [3.05, 3.63) is 22.7 Å². The van der Waals surface area contributed by atoms with Gasteiger partial charge in [0.05, 0.1) is 17.8 Å². The number of amides is 2. The highest BCUT2D eigenvalue weighted by Crippen LogP contribution is 2.18. The molecule has 0 aromatic carbocycles. The number of unbranched alkanes of at least 4 members (excludes halogenated alkanes) is 1. The molecule has 0 saturated carbocycles. The molecule has 21 heavy (non-hydrogen) atoms. The van der Waals surface area contributed by atoms with Crippen molar-refractivity contribution in [2.45, 2.75) is 39.5 Å². The lowest BCUT2D eigenvalue weighted by Gasteiger charge is -2.21. The molecule has 2 amide bonds. The Bertz CT molecular complexity index is 520. The van der Waals surface area contributed by atoms with Crippen LogP contribution >= 0.6 is 11.6 Å². The zero-order chi connectivity index (χ0) is 16.0. The van der Waals surface area contributed by atoms with Crippen LogP contribution in [0, 0.1) is 0 Å². The predicted octanol–water partition coefficient (Wildman–Crippen LogP) is 1.98. The van der Waals surface area contributed by atoms with Crippen LogP contribution in [0.2, 0.25) is 5.02 Å². The van der Waals surface area contributed by atoms with Crippen LogP contribution in [0.3, 0.4) is 0 Å². The number of halogens is 1. The van der Waals surface area contributed by atoms with Gasteiger partial charge in [0.25, 0.3) is 5.91 Å². The van der Waals surface area contributed by atoms with Gasteiger partial charge in [0.15, 0.2) is 5.69 Å². The number of nitrogens with zero attached hydrogens (tertiary/aromatic N) is 3. The van der Waals surface area contributed by atoms with Crippen molar-refractivity contribution in [2.24, 2.45) is 5.73 Å². The SMILES string of the molecule is CCCCN(CC(N)=O)C(=O)c1nc(C(C)C)ncc1Cl. The van der Waals surface area contributed by atoms with Crippen LogP contribution < -0.4 is 5.73 Å². The Hall–Kier alpha value is -1.69. The molecule has 6 nitrogen and oxygen atoms in total. The molecule has 0 atom stereocenters. The molecular weight excluding hydrogens is 292 g/mol. The van der Waals surface area contributed by atoms with E-state index in [1.165, 1.54) is 11.1 Å². The Labute approximate surface area is 129 Å².